The molecule has 174 valence electrons. The van der Waals surface area contributed by atoms with E-state index < -0.39 is 34.5 Å². The number of carbonyl (C=O) groups excluding carboxylic acids is 1. The van der Waals surface area contributed by atoms with Gasteiger partial charge in [-0.1, -0.05) is 0 Å². The molecule has 0 aliphatic carbocycles. The zero-order chi connectivity index (χ0) is 23.3. The summed E-state index contributed by atoms with van der Waals surface area (Å²) >= 11 is 0. The molecule has 0 spiro atoms. The van der Waals surface area contributed by atoms with Gasteiger partial charge in [0.2, 0.25) is 10.9 Å². The molecule has 10 nitrogen and oxygen atoms in total. The third-order valence-corrected chi connectivity index (χ3v) is 5.68. The molecule has 1 aliphatic rings. The highest BCUT2D eigenvalue weighted by Crippen LogP contribution is 2.30. The molecule has 1 atom stereocenters. The number of carboxylic acids is 1. The Labute approximate surface area is 184 Å². The summed E-state index contributed by atoms with van der Waals surface area (Å²) in [5.74, 6) is -1.55. The summed E-state index contributed by atoms with van der Waals surface area (Å²) in [4.78, 5) is 28.5. The number of hydrogen-bond acceptors (Lipinski definition) is 8. The predicted octanol–water partition coefficient (Wildman–Crippen LogP) is 0.684. The minimum Gasteiger partial charge on any atom is -0.495 e. The molecule has 0 saturated carbocycles. The van der Waals surface area contributed by atoms with Gasteiger partial charge in [0.15, 0.2) is 0 Å². The third-order valence-electron chi connectivity index (χ3n) is 4.90. The van der Waals surface area contributed by atoms with E-state index in [1.165, 1.54) is 25.3 Å². The number of nitrogens with zero attached hydrogens (tertiary/aromatic N) is 3. The van der Waals surface area contributed by atoms with Gasteiger partial charge in [-0.05, 0) is 46.0 Å². The number of piperazine rings is 1. The smallest absolute Gasteiger partial charge is 0.335 e. The molecule has 0 aromatic heterocycles. The van der Waals surface area contributed by atoms with Gasteiger partial charge < -0.3 is 19.5 Å². The fraction of sp³-hybridized carbons (Fsp3) is 0.600. The van der Waals surface area contributed by atoms with E-state index in [1.54, 1.807) is 20.8 Å². The molecular weight excluding hydrogens is 426 g/mol. The third kappa shape index (κ3) is 6.81. The Hall–Kier alpha value is -2.37. The second-order valence-corrected chi connectivity index (χ2v) is 9.36. The van der Waals surface area contributed by atoms with E-state index in [1.807, 2.05) is 11.9 Å². The first-order valence-corrected chi connectivity index (χ1v) is 11.0. The normalized spacial score (nSPS) is 16.7. The Morgan fingerprint density at radius 2 is 1.81 bits per heavy atom. The van der Waals surface area contributed by atoms with Gasteiger partial charge in [-0.25, -0.2) is 13.2 Å². The van der Waals surface area contributed by atoms with Crippen molar-refractivity contribution < 1.29 is 32.6 Å². The molecule has 1 aromatic rings. The number of carboxylic acid groups (broad SMARTS) is 1. The van der Waals surface area contributed by atoms with Crippen LogP contribution in [0.25, 0.3) is 0 Å². The Balaban J connectivity index is 2.44. The number of benzene rings is 1. The van der Waals surface area contributed by atoms with Gasteiger partial charge in [-0.15, -0.1) is 0 Å². The van der Waals surface area contributed by atoms with Crippen molar-refractivity contribution in [2.24, 2.45) is 0 Å². The number of carbonyl (C=O) groups is 2. The molecule has 1 fully saturated rings. The van der Waals surface area contributed by atoms with E-state index in [-0.39, 0.29) is 23.5 Å². The number of ether oxygens (including phenoxy) is 2. The van der Waals surface area contributed by atoms with Crippen molar-refractivity contribution in [3.05, 3.63) is 23.8 Å². The zero-order valence-corrected chi connectivity index (χ0v) is 19.4. The van der Waals surface area contributed by atoms with E-state index in [4.69, 9.17) is 9.47 Å². The fourth-order valence-corrected chi connectivity index (χ4v) is 3.90. The number of esters is 1. The van der Waals surface area contributed by atoms with Crippen molar-refractivity contribution in [1.29, 1.82) is 0 Å². The van der Waals surface area contributed by atoms with Gasteiger partial charge >= 0.3 is 11.9 Å². The maximum atomic E-state index is 13.0. The van der Waals surface area contributed by atoms with Crippen molar-refractivity contribution in [3.8, 4) is 5.75 Å². The Bertz CT molecular complexity index is 866. The summed E-state index contributed by atoms with van der Waals surface area (Å²) in [7, 11) is 0.139. The highest BCUT2D eigenvalue weighted by atomic mass is 32.2. The summed E-state index contributed by atoms with van der Waals surface area (Å²) in [6.07, 6.45) is 0. The minimum atomic E-state index is -3.20. The maximum absolute atomic E-state index is 13.0. The largest absolute Gasteiger partial charge is 0.495 e. The second-order valence-electron chi connectivity index (χ2n) is 8.40. The number of likely N-dealkylation sites (N-methyl/N-ethyl adjacent to an activating group) is 1. The summed E-state index contributed by atoms with van der Waals surface area (Å²) in [6, 6.07) is 3.08. The zero-order valence-electron chi connectivity index (χ0n) is 18.5. The molecule has 1 N–H and O–H groups in total. The van der Waals surface area contributed by atoms with E-state index >= 15 is 0 Å². The number of rotatable bonds is 8. The standard InChI is InChI=1S/C20H31N3O7S/c1-20(2,3)30-19(26)16(22-10-8-21(4)9-11-22)13-23(31(27)28)15-12-14(18(24)25)6-7-17(15)29-5/h6-7,12,16,31H,8-11,13H2,1-5H3,(H,24,25). The molecule has 1 aromatic carbocycles. The molecule has 1 saturated heterocycles. The van der Waals surface area contributed by atoms with Gasteiger partial charge in [0.25, 0.3) is 0 Å². The van der Waals surface area contributed by atoms with Crippen LogP contribution in [0.15, 0.2) is 18.2 Å². The number of anilines is 1. The summed E-state index contributed by atoms with van der Waals surface area (Å²) in [5.41, 5.74) is -0.778. The number of hydrogen-bond donors (Lipinski definition) is 2. The molecule has 1 heterocycles. The van der Waals surface area contributed by atoms with Crippen LogP contribution >= 0.6 is 0 Å². The number of methoxy groups -OCH3 is 1. The average molecular weight is 458 g/mol. The lowest BCUT2D eigenvalue weighted by Gasteiger charge is -2.39. The number of aromatic carboxylic acids is 1. The molecule has 11 heteroatoms. The van der Waals surface area contributed by atoms with Gasteiger partial charge in [0.05, 0.1) is 24.9 Å². The van der Waals surface area contributed by atoms with Crippen LogP contribution in [-0.4, -0.2) is 93.8 Å². The van der Waals surface area contributed by atoms with Crippen LogP contribution in [0.1, 0.15) is 31.1 Å². The van der Waals surface area contributed by atoms with Crippen LogP contribution < -0.4 is 9.04 Å². The highest BCUT2D eigenvalue weighted by molar-refractivity contribution is 7.74. The maximum Gasteiger partial charge on any atom is 0.335 e. The Morgan fingerprint density at radius 1 is 1.19 bits per heavy atom. The van der Waals surface area contributed by atoms with Crippen molar-refractivity contribution in [2.75, 3.05) is 51.2 Å². The molecule has 0 amide bonds. The molecule has 0 bridgehead atoms. The summed E-state index contributed by atoms with van der Waals surface area (Å²) in [6.45, 7) is 7.59. The lowest BCUT2D eigenvalue weighted by atomic mass is 10.1. The van der Waals surface area contributed by atoms with Crippen LogP contribution in [0.3, 0.4) is 0 Å². The molecular formula is C20H31N3O7S. The number of thiol groups is 1. The predicted molar refractivity (Wildman–Crippen MR) is 116 cm³/mol. The van der Waals surface area contributed by atoms with Gasteiger partial charge in [-0.2, -0.15) is 0 Å². The lowest BCUT2D eigenvalue weighted by Crippen LogP contribution is -2.56. The fourth-order valence-electron chi connectivity index (χ4n) is 3.28. The molecule has 31 heavy (non-hydrogen) atoms. The Kier molecular flexibility index (Phi) is 8.27. The van der Waals surface area contributed by atoms with Gasteiger partial charge in [0.1, 0.15) is 17.4 Å². The van der Waals surface area contributed by atoms with E-state index in [9.17, 15) is 23.1 Å². The van der Waals surface area contributed by atoms with E-state index in [2.05, 4.69) is 4.90 Å². The SMILES string of the molecule is COc1ccc(C(=O)O)cc1N(CC(C(=O)OC(C)(C)C)N1CCN(C)CC1)[SH](=O)=O. The van der Waals surface area contributed by atoms with Crippen LogP contribution in [-0.2, 0) is 20.4 Å². The monoisotopic (exact) mass is 457 g/mol. The quantitative estimate of drug-likeness (QED) is 0.429. The van der Waals surface area contributed by atoms with E-state index in [0.717, 1.165) is 17.4 Å². The summed E-state index contributed by atoms with van der Waals surface area (Å²) in [5, 5.41) is 9.32. The molecule has 1 aliphatic heterocycles. The van der Waals surface area contributed by atoms with Crippen molar-refractivity contribution in [2.45, 2.75) is 32.4 Å². The second kappa shape index (κ2) is 10.3. The van der Waals surface area contributed by atoms with Gasteiger partial charge in [-0.3, -0.25) is 14.0 Å². The minimum absolute atomic E-state index is 0.0567. The molecule has 2 rings (SSSR count). The first-order chi connectivity index (χ1) is 14.4. The molecule has 0 radical (unpaired) electrons. The van der Waals surface area contributed by atoms with Crippen LogP contribution in [0.5, 0.6) is 5.75 Å². The molecule has 1 unspecified atom stereocenters. The van der Waals surface area contributed by atoms with E-state index in [0.29, 0.717) is 13.1 Å². The van der Waals surface area contributed by atoms with Crippen molar-refractivity contribution in [1.82, 2.24) is 9.80 Å². The lowest BCUT2D eigenvalue weighted by molar-refractivity contribution is -0.161. The first kappa shape index (κ1) is 24.9. The van der Waals surface area contributed by atoms with Gasteiger partial charge in [0, 0.05) is 26.2 Å². The van der Waals surface area contributed by atoms with Crippen LogP contribution in [0.2, 0.25) is 0 Å². The topological polar surface area (TPSA) is 117 Å². The van der Waals surface area contributed by atoms with Crippen molar-refractivity contribution in [3.63, 3.8) is 0 Å². The van der Waals surface area contributed by atoms with Crippen molar-refractivity contribution >= 4 is 28.5 Å². The van der Waals surface area contributed by atoms with Crippen LogP contribution in [0, 0.1) is 0 Å². The first-order valence-electron chi connectivity index (χ1n) is 9.91. The average Bonchev–Trinajstić information content (AvgIpc) is 2.67. The Morgan fingerprint density at radius 3 is 2.29 bits per heavy atom. The summed E-state index contributed by atoms with van der Waals surface area (Å²) < 4.78 is 36.2. The van der Waals surface area contributed by atoms with Crippen LogP contribution in [0.4, 0.5) is 5.69 Å². The highest BCUT2D eigenvalue weighted by Gasteiger charge is 2.35.